The Labute approximate surface area is 147 Å². The van der Waals surface area contributed by atoms with Crippen LogP contribution < -0.4 is 4.74 Å². The van der Waals surface area contributed by atoms with Crippen molar-refractivity contribution in [2.75, 3.05) is 0 Å². The zero-order chi connectivity index (χ0) is 18.7. The summed E-state index contributed by atoms with van der Waals surface area (Å²) in [6.45, 7) is 1.53. The van der Waals surface area contributed by atoms with E-state index in [-0.39, 0.29) is 11.4 Å². The largest absolute Gasteiger partial charge is 0.484 e. The van der Waals surface area contributed by atoms with Crippen LogP contribution in [0.25, 0.3) is 11.1 Å². The Balaban J connectivity index is 1.84. The van der Waals surface area contributed by atoms with Crippen molar-refractivity contribution < 1.29 is 18.4 Å². The number of hydrogen-bond acceptors (Lipinski definition) is 5. The summed E-state index contributed by atoms with van der Waals surface area (Å²) in [5.41, 5.74) is 1.03. The highest BCUT2D eigenvalue weighted by atomic mass is 19.1. The van der Waals surface area contributed by atoms with Crippen LogP contribution in [0.4, 0.5) is 14.6 Å². The van der Waals surface area contributed by atoms with Gasteiger partial charge < -0.3 is 14.9 Å². The second-order valence-electron chi connectivity index (χ2n) is 5.47. The first-order valence-corrected chi connectivity index (χ1v) is 7.62. The number of hydrogen-bond donors (Lipinski definition) is 0. The van der Waals surface area contributed by atoms with Gasteiger partial charge in [-0.15, -0.1) is 0 Å². The third-order valence-corrected chi connectivity index (χ3v) is 3.70. The van der Waals surface area contributed by atoms with Crippen molar-refractivity contribution >= 4 is 5.82 Å². The Kier molecular flexibility index (Phi) is 4.83. The van der Waals surface area contributed by atoms with Crippen molar-refractivity contribution in [2.45, 2.75) is 13.0 Å². The minimum Gasteiger partial charge on any atom is -0.484 e. The van der Waals surface area contributed by atoms with Gasteiger partial charge in [0, 0.05) is 23.4 Å². The Morgan fingerprint density at radius 2 is 1.81 bits per heavy atom. The van der Waals surface area contributed by atoms with E-state index in [1.54, 1.807) is 6.07 Å². The van der Waals surface area contributed by atoms with Gasteiger partial charge in [-0.2, -0.15) is 0 Å². The number of ether oxygens (including phenoxy) is 1. The molecule has 0 fully saturated rings. The molecule has 0 saturated carbocycles. The molecule has 0 aliphatic heterocycles. The Morgan fingerprint density at radius 3 is 2.42 bits per heavy atom. The number of halogens is 2. The molecule has 26 heavy (non-hydrogen) atoms. The number of nitrogens with zero attached hydrogens (tertiary/aromatic N) is 3. The number of aromatic nitrogens is 2. The fourth-order valence-electron chi connectivity index (χ4n) is 2.47. The molecule has 0 aliphatic carbocycles. The molecule has 0 spiro atoms. The van der Waals surface area contributed by atoms with Crippen LogP contribution in [0, 0.1) is 21.7 Å². The molecule has 2 aromatic heterocycles. The highest BCUT2D eigenvalue weighted by molar-refractivity contribution is 5.63. The second kappa shape index (κ2) is 7.22. The summed E-state index contributed by atoms with van der Waals surface area (Å²) >= 11 is 0. The van der Waals surface area contributed by atoms with Gasteiger partial charge in [0.25, 0.3) is 0 Å². The summed E-state index contributed by atoms with van der Waals surface area (Å²) in [6, 6.07) is 8.03. The zero-order valence-corrected chi connectivity index (χ0v) is 13.6. The molecule has 1 aromatic carbocycles. The topological polar surface area (TPSA) is 78.2 Å². The lowest BCUT2D eigenvalue weighted by Crippen LogP contribution is -2.08. The van der Waals surface area contributed by atoms with Gasteiger partial charge >= 0.3 is 5.82 Å². The SMILES string of the molecule is C[C@@H](Oc1cncc(-c2ccc([N+](=O)[O-])nc2)c1)c1c(F)cccc1F. The van der Waals surface area contributed by atoms with Gasteiger partial charge in [0.2, 0.25) is 0 Å². The van der Waals surface area contributed by atoms with Crippen LogP contribution in [-0.2, 0) is 0 Å². The van der Waals surface area contributed by atoms with Crippen LogP contribution in [0.15, 0.2) is 55.0 Å². The first kappa shape index (κ1) is 17.4. The Hall–Kier alpha value is -3.42. The summed E-state index contributed by atoms with van der Waals surface area (Å²) in [5, 5.41) is 10.7. The summed E-state index contributed by atoms with van der Waals surface area (Å²) < 4.78 is 33.3. The molecular formula is C18H13F2N3O3. The lowest BCUT2D eigenvalue weighted by molar-refractivity contribution is -0.389. The zero-order valence-electron chi connectivity index (χ0n) is 13.6. The molecule has 0 radical (unpaired) electrons. The van der Waals surface area contributed by atoms with Gasteiger partial charge in [-0.25, -0.2) is 8.78 Å². The Morgan fingerprint density at radius 1 is 1.08 bits per heavy atom. The molecule has 0 saturated heterocycles. The van der Waals surface area contributed by atoms with Crippen molar-refractivity contribution in [2.24, 2.45) is 0 Å². The normalized spacial score (nSPS) is 11.8. The molecule has 8 heteroatoms. The maximum Gasteiger partial charge on any atom is 0.363 e. The maximum absolute atomic E-state index is 13.9. The van der Waals surface area contributed by atoms with Crippen molar-refractivity contribution in [1.82, 2.24) is 9.97 Å². The van der Waals surface area contributed by atoms with E-state index in [1.807, 2.05) is 0 Å². The predicted octanol–water partition coefficient (Wildman–Crippen LogP) is 4.47. The highest BCUT2D eigenvalue weighted by Gasteiger charge is 2.18. The van der Waals surface area contributed by atoms with Gasteiger partial charge in [0.05, 0.1) is 11.8 Å². The van der Waals surface area contributed by atoms with E-state index in [9.17, 15) is 18.9 Å². The van der Waals surface area contributed by atoms with Gasteiger partial charge in [0.1, 0.15) is 29.7 Å². The van der Waals surface area contributed by atoms with Crippen molar-refractivity contribution in [3.63, 3.8) is 0 Å². The first-order valence-electron chi connectivity index (χ1n) is 7.62. The van der Waals surface area contributed by atoms with E-state index in [4.69, 9.17) is 4.74 Å². The van der Waals surface area contributed by atoms with Crippen molar-refractivity contribution in [3.05, 3.63) is 82.3 Å². The molecule has 0 aliphatic rings. The predicted molar refractivity (Wildman–Crippen MR) is 89.5 cm³/mol. The molecule has 132 valence electrons. The van der Waals surface area contributed by atoms with Crippen molar-refractivity contribution in [1.29, 1.82) is 0 Å². The fraction of sp³-hybridized carbons (Fsp3) is 0.111. The van der Waals surface area contributed by atoms with Crippen LogP contribution >= 0.6 is 0 Å². The van der Waals surface area contributed by atoms with Crippen molar-refractivity contribution in [3.8, 4) is 16.9 Å². The average molecular weight is 357 g/mol. The summed E-state index contributed by atoms with van der Waals surface area (Å²) in [4.78, 5) is 17.9. The van der Waals surface area contributed by atoms with Gasteiger partial charge in [-0.1, -0.05) is 6.07 Å². The molecule has 1 atom stereocenters. The highest BCUT2D eigenvalue weighted by Crippen LogP contribution is 2.28. The third-order valence-electron chi connectivity index (χ3n) is 3.70. The molecule has 0 bridgehead atoms. The average Bonchev–Trinajstić information content (AvgIpc) is 2.62. The molecule has 0 amide bonds. The monoisotopic (exact) mass is 357 g/mol. The summed E-state index contributed by atoms with van der Waals surface area (Å²) in [7, 11) is 0. The van der Waals surface area contributed by atoms with E-state index in [1.165, 1.54) is 43.7 Å². The smallest absolute Gasteiger partial charge is 0.363 e. The van der Waals surface area contributed by atoms with E-state index >= 15 is 0 Å². The van der Waals surface area contributed by atoms with E-state index in [2.05, 4.69) is 9.97 Å². The maximum atomic E-state index is 13.9. The molecular weight excluding hydrogens is 344 g/mol. The molecule has 0 N–H and O–H groups in total. The molecule has 2 heterocycles. The fourth-order valence-corrected chi connectivity index (χ4v) is 2.47. The number of rotatable bonds is 5. The number of benzene rings is 1. The lowest BCUT2D eigenvalue weighted by atomic mass is 10.1. The first-order chi connectivity index (χ1) is 12.5. The number of pyridine rings is 2. The van der Waals surface area contributed by atoms with E-state index in [0.717, 1.165) is 12.1 Å². The number of nitro groups is 1. The minimum atomic E-state index is -0.872. The van der Waals surface area contributed by atoms with Gasteiger partial charge in [0.15, 0.2) is 0 Å². The molecule has 3 aromatic rings. The van der Waals surface area contributed by atoms with Crippen LogP contribution in [0.3, 0.4) is 0 Å². The summed E-state index contributed by atoms with van der Waals surface area (Å²) in [6.07, 6.45) is 3.42. The van der Waals surface area contributed by atoms with Gasteiger partial charge in [-0.3, -0.25) is 4.98 Å². The van der Waals surface area contributed by atoms with Crippen LogP contribution in [-0.4, -0.2) is 14.9 Å². The lowest BCUT2D eigenvalue weighted by Gasteiger charge is -2.16. The Bertz CT molecular complexity index is 928. The summed E-state index contributed by atoms with van der Waals surface area (Å²) in [5.74, 6) is -1.35. The third kappa shape index (κ3) is 3.64. The van der Waals surface area contributed by atoms with Crippen LogP contribution in [0.2, 0.25) is 0 Å². The quantitative estimate of drug-likeness (QED) is 0.497. The van der Waals surface area contributed by atoms with Crippen LogP contribution in [0.5, 0.6) is 5.75 Å². The second-order valence-corrected chi connectivity index (χ2v) is 5.47. The molecule has 6 nitrogen and oxygen atoms in total. The van der Waals surface area contributed by atoms with Crippen LogP contribution in [0.1, 0.15) is 18.6 Å². The molecule has 0 unspecified atom stereocenters. The molecule has 3 rings (SSSR count). The van der Waals surface area contributed by atoms with E-state index < -0.39 is 22.7 Å². The van der Waals surface area contributed by atoms with E-state index in [0.29, 0.717) is 16.9 Å². The standard InChI is InChI=1S/C18H13F2N3O3/c1-11(18-15(19)3-2-4-16(18)20)26-14-7-13(8-21-10-14)12-5-6-17(22-9-12)23(24)25/h2-11H,1H3/t11-/m1/s1. The van der Waals surface area contributed by atoms with Gasteiger partial charge in [-0.05, 0) is 41.1 Å². The minimum absolute atomic E-state index is 0.171.